The van der Waals surface area contributed by atoms with Crippen molar-refractivity contribution >= 4 is 0 Å². The Labute approximate surface area is 45.6 Å². The van der Waals surface area contributed by atoms with Gasteiger partial charge in [0.05, 0.1) is 0 Å². The molecule has 1 heterocycles. The Balaban J connectivity index is 0.000000250. The fourth-order valence-corrected chi connectivity index (χ4v) is 0.167. The summed E-state index contributed by atoms with van der Waals surface area (Å²) in [6.07, 6.45) is 2.96. The molecule has 3 nitrogen and oxygen atoms in total. The minimum atomic E-state index is 0. The van der Waals surface area contributed by atoms with Crippen molar-refractivity contribution in [1.82, 2.24) is 15.2 Å². The van der Waals surface area contributed by atoms with Gasteiger partial charge in [-0.2, -0.15) is 5.10 Å². The van der Waals surface area contributed by atoms with Gasteiger partial charge in [0.15, 0.2) is 0 Å². The molecule has 0 unspecified atom stereocenters. The molecule has 1 aromatic heterocycles. The SMILES string of the molecule is [Cu+].c1nc[nH]n1. The summed E-state index contributed by atoms with van der Waals surface area (Å²) in [5, 5.41) is 5.99. The summed E-state index contributed by atoms with van der Waals surface area (Å²) >= 11 is 0. The predicted molar refractivity (Wildman–Crippen MR) is 16.4 cm³/mol. The van der Waals surface area contributed by atoms with E-state index >= 15 is 0 Å². The van der Waals surface area contributed by atoms with E-state index < -0.39 is 0 Å². The summed E-state index contributed by atoms with van der Waals surface area (Å²) in [6.45, 7) is 0. The summed E-state index contributed by atoms with van der Waals surface area (Å²) in [7, 11) is 0. The molecular formula is C2H3CuN3+. The molecule has 1 aromatic rings. The van der Waals surface area contributed by atoms with Gasteiger partial charge in [0, 0.05) is 0 Å². The molecule has 0 aliphatic rings. The van der Waals surface area contributed by atoms with E-state index in [-0.39, 0.29) is 17.1 Å². The number of rotatable bonds is 0. The average Bonchev–Trinajstić information content (AvgIpc) is 1.76. The first kappa shape index (κ1) is 5.66. The minimum Gasteiger partial charge on any atom is -0.266 e. The van der Waals surface area contributed by atoms with Crippen LogP contribution in [0, 0.1) is 0 Å². The number of H-pyrrole nitrogens is 1. The van der Waals surface area contributed by atoms with Crippen LogP contribution in [-0.4, -0.2) is 15.2 Å². The zero-order chi connectivity index (χ0) is 3.54. The largest absolute Gasteiger partial charge is 1.00 e. The summed E-state index contributed by atoms with van der Waals surface area (Å²) in [4.78, 5) is 3.56. The number of nitrogens with zero attached hydrogens (tertiary/aromatic N) is 2. The molecule has 0 radical (unpaired) electrons. The van der Waals surface area contributed by atoms with Gasteiger partial charge < -0.3 is 0 Å². The monoisotopic (exact) mass is 132 g/mol. The Morgan fingerprint density at radius 3 is 2.50 bits per heavy atom. The van der Waals surface area contributed by atoms with Crippen molar-refractivity contribution in [3.8, 4) is 0 Å². The molecule has 1 rings (SSSR count). The van der Waals surface area contributed by atoms with Crippen LogP contribution < -0.4 is 0 Å². The number of aromatic nitrogens is 3. The third-order valence-corrected chi connectivity index (χ3v) is 0.331. The molecule has 4 heteroatoms. The maximum absolute atomic E-state index is 3.56. The molecular weight excluding hydrogens is 130 g/mol. The number of hydrogen-bond donors (Lipinski definition) is 1. The van der Waals surface area contributed by atoms with Crippen LogP contribution in [0.5, 0.6) is 0 Å². The number of nitrogens with one attached hydrogen (secondary N) is 1. The zero-order valence-electron chi connectivity index (χ0n) is 2.85. The molecule has 0 amide bonds. The van der Waals surface area contributed by atoms with Crippen molar-refractivity contribution < 1.29 is 17.1 Å². The Bertz CT molecular complexity index is 65.3. The molecule has 6 heavy (non-hydrogen) atoms. The topological polar surface area (TPSA) is 41.6 Å². The summed E-state index contributed by atoms with van der Waals surface area (Å²) in [5.74, 6) is 0. The van der Waals surface area contributed by atoms with Crippen LogP contribution in [0.25, 0.3) is 0 Å². The fourth-order valence-electron chi connectivity index (χ4n) is 0.167. The van der Waals surface area contributed by atoms with Crippen molar-refractivity contribution in [3.05, 3.63) is 12.7 Å². The van der Waals surface area contributed by atoms with Gasteiger partial charge in [-0.25, -0.2) is 4.98 Å². The molecule has 36 valence electrons. The molecule has 0 spiro atoms. The Hall–Kier alpha value is -0.341. The van der Waals surface area contributed by atoms with Crippen LogP contribution in [0.1, 0.15) is 0 Å². The number of aromatic amines is 1. The van der Waals surface area contributed by atoms with Crippen LogP contribution in [-0.2, 0) is 17.1 Å². The molecule has 0 saturated carbocycles. The molecule has 0 fully saturated rings. The third kappa shape index (κ3) is 1.19. The minimum absolute atomic E-state index is 0. The van der Waals surface area contributed by atoms with E-state index in [1.54, 1.807) is 0 Å². The number of hydrogen-bond acceptors (Lipinski definition) is 2. The van der Waals surface area contributed by atoms with Crippen molar-refractivity contribution in [2.24, 2.45) is 0 Å². The quantitative estimate of drug-likeness (QED) is 0.497. The Kier molecular flexibility index (Phi) is 2.71. The molecule has 0 aromatic carbocycles. The summed E-state index contributed by atoms with van der Waals surface area (Å²) < 4.78 is 0. The summed E-state index contributed by atoms with van der Waals surface area (Å²) in [6, 6.07) is 0. The van der Waals surface area contributed by atoms with Gasteiger partial charge in [0.1, 0.15) is 12.7 Å². The zero-order valence-corrected chi connectivity index (χ0v) is 3.79. The van der Waals surface area contributed by atoms with Gasteiger partial charge >= 0.3 is 17.1 Å². The Morgan fingerprint density at radius 1 is 1.50 bits per heavy atom. The third-order valence-electron chi connectivity index (χ3n) is 0.331. The van der Waals surface area contributed by atoms with Gasteiger partial charge in [0.25, 0.3) is 0 Å². The van der Waals surface area contributed by atoms with E-state index in [9.17, 15) is 0 Å². The van der Waals surface area contributed by atoms with E-state index in [1.807, 2.05) is 0 Å². The van der Waals surface area contributed by atoms with Gasteiger partial charge in [-0.15, -0.1) is 0 Å². The standard InChI is InChI=1S/C2H3N3.Cu/c1-3-2-5-4-1;/h1-2H,(H,3,4,5);/q;+1. The van der Waals surface area contributed by atoms with Crippen molar-refractivity contribution in [2.45, 2.75) is 0 Å². The molecule has 0 atom stereocenters. The normalized spacial score (nSPS) is 6.67. The van der Waals surface area contributed by atoms with E-state index in [0.29, 0.717) is 0 Å². The Morgan fingerprint density at radius 2 is 2.33 bits per heavy atom. The first-order valence-corrected chi connectivity index (χ1v) is 1.29. The van der Waals surface area contributed by atoms with Gasteiger partial charge in [-0.05, 0) is 0 Å². The van der Waals surface area contributed by atoms with Crippen LogP contribution in [0.15, 0.2) is 12.7 Å². The van der Waals surface area contributed by atoms with Crippen molar-refractivity contribution in [3.63, 3.8) is 0 Å². The predicted octanol–water partition coefficient (Wildman–Crippen LogP) is -0.198. The maximum Gasteiger partial charge on any atom is 1.00 e. The summed E-state index contributed by atoms with van der Waals surface area (Å²) in [5.41, 5.74) is 0. The van der Waals surface area contributed by atoms with E-state index in [4.69, 9.17) is 0 Å². The van der Waals surface area contributed by atoms with Crippen molar-refractivity contribution in [1.29, 1.82) is 0 Å². The second-order valence-electron chi connectivity index (χ2n) is 0.652. The molecule has 0 aliphatic carbocycles. The average molecular weight is 133 g/mol. The van der Waals surface area contributed by atoms with Gasteiger partial charge in [-0.1, -0.05) is 0 Å². The smallest absolute Gasteiger partial charge is 0.266 e. The van der Waals surface area contributed by atoms with Crippen LogP contribution >= 0.6 is 0 Å². The molecule has 0 saturated heterocycles. The maximum atomic E-state index is 3.56. The first-order chi connectivity index (χ1) is 2.50. The second kappa shape index (κ2) is 2.87. The van der Waals surface area contributed by atoms with Gasteiger partial charge in [0.2, 0.25) is 0 Å². The molecule has 0 bridgehead atoms. The fraction of sp³-hybridized carbons (Fsp3) is 0. The first-order valence-electron chi connectivity index (χ1n) is 1.29. The molecule has 0 aliphatic heterocycles. The van der Waals surface area contributed by atoms with Crippen LogP contribution in [0.4, 0.5) is 0 Å². The van der Waals surface area contributed by atoms with E-state index in [2.05, 4.69) is 15.2 Å². The van der Waals surface area contributed by atoms with Crippen LogP contribution in [0.3, 0.4) is 0 Å². The van der Waals surface area contributed by atoms with E-state index in [0.717, 1.165) is 0 Å². The molecule has 1 N–H and O–H groups in total. The van der Waals surface area contributed by atoms with E-state index in [1.165, 1.54) is 12.7 Å². The van der Waals surface area contributed by atoms with Crippen LogP contribution in [0.2, 0.25) is 0 Å². The van der Waals surface area contributed by atoms with Gasteiger partial charge in [-0.3, -0.25) is 5.10 Å². The van der Waals surface area contributed by atoms with Crippen molar-refractivity contribution in [2.75, 3.05) is 0 Å². The second-order valence-corrected chi connectivity index (χ2v) is 0.652.